The molecule has 126 valence electrons. The number of nitrogens with zero attached hydrogens (tertiary/aromatic N) is 1. The zero-order chi connectivity index (χ0) is 16.9. The Labute approximate surface area is 143 Å². The quantitative estimate of drug-likeness (QED) is 0.640. The molecule has 0 aliphatic heterocycles. The summed E-state index contributed by atoms with van der Waals surface area (Å²) in [6.07, 6.45) is 4.26. The minimum absolute atomic E-state index is 0.187. The number of hydrogen-bond donors (Lipinski definition) is 3. The van der Waals surface area contributed by atoms with Crippen LogP contribution in [0, 0.1) is 5.82 Å². The van der Waals surface area contributed by atoms with E-state index in [1.807, 2.05) is 18.5 Å². The van der Waals surface area contributed by atoms with E-state index >= 15 is 0 Å². The molecule has 0 saturated carbocycles. The standard InChI is InChI=1S/C17H19FN4OS/c1-11(16-19-6-7-24-16)9-22-17(23)20-5-4-12-10-21-15-3-2-13(18)8-14(12)15/h2-3,6-8,10-11,21H,4-5,9H2,1H3,(H2,20,22,23)/t11-/m0/s1. The number of halogens is 1. The Kier molecular flexibility index (Phi) is 5.10. The Bertz CT molecular complexity index is 815. The molecule has 1 aromatic carbocycles. The number of hydrogen-bond acceptors (Lipinski definition) is 3. The minimum atomic E-state index is -0.259. The lowest BCUT2D eigenvalue weighted by molar-refractivity contribution is 0.240. The van der Waals surface area contributed by atoms with Gasteiger partial charge < -0.3 is 15.6 Å². The van der Waals surface area contributed by atoms with E-state index in [1.165, 1.54) is 12.1 Å². The average molecular weight is 346 g/mol. The highest BCUT2D eigenvalue weighted by molar-refractivity contribution is 7.09. The zero-order valence-corrected chi connectivity index (χ0v) is 14.1. The first kappa shape index (κ1) is 16.4. The second kappa shape index (κ2) is 7.44. The van der Waals surface area contributed by atoms with E-state index in [0.717, 1.165) is 21.5 Å². The van der Waals surface area contributed by atoms with Crippen LogP contribution >= 0.6 is 11.3 Å². The summed E-state index contributed by atoms with van der Waals surface area (Å²) in [7, 11) is 0. The van der Waals surface area contributed by atoms with Gasteiger partial charge in [0, 0.05) is 47.7 Å². The van der Waals surface area contributed by atoms with Crippen LogP contribution < -0.4 is 10.6 Å². The smallest absolute Gasteiger partial charge is 0.314 e. The molecule has 3 aromatic rings. The van der Waals surface area contributed by atoms with Gasteiger partial charge in [-0.3, -0.25) is 0 Å². The minimum Gasteiger partial charge on any atom is -0.361 e. The Balaban J connectivity index is 1.45. The molecule has 2 heterocycles. The number of urea groups is 1. The number of rotatable bonds is 6. The number of thiazole rings is 1. The Hall–Kier alpha value is -2.41. The molecule has 1 atom stereocenters. The number of amides is 2. The number of benzene rings is 1. The molecule has 3 rings (SSSR count). The molecular weight excluding hydrogens is 327 g/mol. The number of fused-ring (bicyclic) bond motifs is 1. The summed E-state index contributed by atoms with van der Waals surface area (Å²) in [4.78, 5) is 19.2. The molecule has 24 heavy (non-hydrogen) atoms. The second-order valence-corrected chi connectivity index (χ2v) is 6.59. The largest absolute Gasteiger partial charge is 0.361 e. The highest BCUT2D eigenvalue weighted by Crippen LogP contribution is 2.19. The van der Waals surface area contributed by atoms with E-state index in [-0.39, 0.29) is 17.8 Å². The van der Waals surface area contributed by atoms with Crippen LogP contribution in [0.5, 0.6) is 0 Å². The van der Waals surface area contributed by atoms with Gasteiger partial charge in [0.15, 0.2) is 0 Å². The third kappa shape index (κ3) is 3.91. The Morgan fingerprint density at radius 2 is 2.29 bits per heavy atom. The fourth-order valence-corrected chi connectivity index (χ4v) is 3.24. The first-order valence-electron chi connectivity index (χ1n) is 7.80. The molecule has 7 heteroatoms. The lowest BCUT2D eigenvalue weighted by Gasteiger charge is -2.11. The third-order valence-electron chi connectivity index (χ3n) is 3.85. The number of carbonyl (C=O) groups is 1. The van der Waals surface area contributed by atoms with Gasteiger partial charge in [-0.1, -0.05) is 6.92 Å². The average Bonchev–Trinajstić information content (AvgIpc) is 3.23. The van der Waals surface area contributed by atoms with Crippen molar-refractivity contribution in [1.29, 1.82) is 0 Å². The van der Waals surface area contributed by atoms with Crippen molar-refractivity contribution < 1.29 is 9.18 Å². The van der Waals surface area contributed by atoms with Crippen LogP contribution in [0.3, 0.4) is 0 Å². The van der Waals surface area contributed by atoms with Gasteiger partial charge in [0.05, 0.1) is 5.01 Å². The fraction of sp³-hybridized carbons (Fsp3) is 0.294. The molecule has 0 aliphatic rings. The van der Waals surface area contributed by atoms with Gasteiger partial charge in [-0.15, -0.1) is 11.3 Å². The van der Waals surface area contributed by atoms with E-state index < -0.39 is 0 Å². The number of carbonyl (C=O) groups excluding carboxylic acids is 1. The lowest BCUT2D eigenvalue weighted by Crippen LogP contribution is -2.38. The maximum Gasteiger partial charge on any atom is 0.314 e. The number of nitrogens with one attached hydrogen (secondary N) is 3. The van der Waals surface area contributed by atoms with Gasteiger partial charge in [-0.05, 0) is 30.2 Å². The molecule has 0 bridgehead atoms. The topological polar surface area (TPSA) is 69.8 Å². The van der Waals surface area contributed by atoms with Crippen molar-refractivity contribution in [2.75, 3.05) is 13.1 Å². The van der Waals surface area contributed by atoms with E-state index in [9.17, 15) is 9.18 Å². The third-order valence-corrected chi connectivity index (χ3v) is 4.86. The van der Waals surface area contributed by atoms with Crippen LogP contribution in [-0.4, -0.2) is 29.1 Å². The molecule has 3 N–H and O–H groups in total. The predicted molar refractivity (Wildman–Crippen MR) is 93.9 cm³/mol. The highest BCUT2D eigenvalue weighted by Gasteiger charge is 2.10. The maximum absolute atomic E-state index is 13.3. The molecule has 0 aliphatic carbocycles. The van der Waals surface area contributed by atoms with Gasteiger partial charge >= 0.3 is 6.03 Å². The fourth-order valence-electron chi connectivity index (χ4n) is 2.54. The molecule has 0 fully saturated rings. The van der Waals surface area contributed by atoms with E-state index in [2.05, 4.69) is 20.6 Å². The number of aromatic nitrogens is 2. The molecule has 0 spiro atoms. The molecule has 2 aromatic heterocycles. The first-order chi connectivity index (χ1) is 11.6. The van der Waals surface area contributed by atoms with Crippen LogP contribution in [-0.2, 0) is 6.42 Å². The van der Waals surface area contributed by atoms with Gasteiger partial charge in [0.2, 0.25) is 0 Å². The van der Waals surface area contributed by atoms with Crippen molar-refractivity contribution in [2.45, 2.75) is 19.3 Å². The lowest BCUT2D eigenvalue weighted by atomic mass is 10.1. The van der Waals surface area contributed by atoms with E-state index in [4.69, 9.17) is 0 Å². The monoisotopic (exact) mass is 346 g/mol. The van der Waals surface area contributed by atoms with Crippen LogP contribution in [0.2, 0.25) is 0 Å². The van der Waals surface area contributed by atoms with Gasteiger partial charge in [-0.2, -0.15) is 0 Å². The van der Waals surface area contributed by atoms with Crippen molar-refractivity contribution in [1.82, 2.24) is 20.6 Å². The highest BCUT2D eigenvalue weighted by atomic mass is 32.1. The summed E-state index contributed by atoms with van der Waals surface area (Å²) in [5.74, 6) is -0.0717. The molecule has 0 saturated heterocycles. The second-order valence-electron chi connectivity index (χ2n) is 5.66. The molecule has 0 radical (unpaired) electrons. The summed E-state index contributed by atoms with van der Waals surface area (Å²) in [5, 5.41) is 9.47. The molecule has 2 amide bonds. The van der Waals surface area contributed by atoms with Gasteiger partial charge in [0.25, 0.3) is 0 Å². The van der Waals surface area contributed by atoms with Crippen LogP contribution in [0.1, 0.15) is 23.4 Å². The number of aromatic amines is 1. The maximum atomic E-state index is 13.3. The SMILES string of the molecule is C[C@@H](CNC(=O)NCCc1c[nH]c2ccc(F)cc12)c1nccs1. The molecule has 5 nitrogen and oxygen atoms in total. The Morgan fingerprint density at radius 3 is 3.08 bits per heavy atom. The summed E-state index contributed by atoms with van der Waals surface area (Å²) in [6.45, 7) is 3.05. The predicted octanol–water partition coefficient (Wildman–Crippen LogP) is 3.41. The van der Waals surface area contributed by atoms with E-state index in [0.29, 0.717) is 19.5 Å². The van der Waals surface area contributed by atoms with Crippen molar-refractivity contribution in [3.63, 3.8) is 0 Å². The van der Waals surface area contributed by atoms with Crippen molar-refractivity contribution >= 4 is 28.3 Å². The van der Waals surface area contributed by atoms with Gasteiger partial charge in [-0.25, -0.2) is 14.2 Å². The summed E-state index contributed by atoms with van der Waals surface area (Å²) in [5.41, 5.74) is 1.88. The van der Waals surface area contributed by atoms with E-state index in [1.54, 1.807) is 23.6 Å². The van der Waals surface area contributed by atoms with Crippen LogP contribution in [0.4, 0.5) is 9.18 Å². The van der Waals surface area contributed by atoms with Gasteiger partial charge in [0.1, 0.15) is 5.82 Å². The zero-order valence-electron chi connectivity index (χ0n) is 13.3. The van der Waals surface area contributed by atoms with Crippen LogP contribution in [0.25, 0.3) is 10.9 Å². The summed E-state index contributed by atoms with van der Waals surface area (Å²) < 4.78 is 13.3. The van der Waals surface area contributed by atoms with Crippen molar-refractivity contribution in [2.24, 2.45) is 0 Å². The molecule has 0 unspecified atom stereocenters. The summed E-state index contributed by atoms with van der Waals surface area (Å²) in [6, 6.07) is 4.45. The summed E-state index contributed by atoms with van der Waals surface area (Å²) >= 11 is 1.58. The number of H-pyrrole nitrogens is 1. The van der Waals surface area contributed by atoms with Crippen LogP contribution in [0.15, 0.2) is 36.0 Å². The van der Waals surface area contributed by atoms with Crippen molar-refractivity contribution in [3.05, 3.63) is 52.4 Å². The first-order valence-corrected chi connectivity index (χ1v) is 8.68. The normalized spacial score (nSPS) is 12.2. The molecular formula is C17H19FN4OS. The van der Waals surface area contributed by atoms with Crippen molar-refractivity contribution in [3.8, 4) is 0 Å². The Morgan fingerprint density at radius 1 is 1.42 bits per heavy atom.